The van der Waals surface area contributed by atoms with Crippen molar-refractivity contribution in [2.24, 2.45) is 0 Å². The van der Waals surface area contributed by atoms with Crippen molar-refractivity contribution < 1.29 is 4.74 Å². The largest absolute Gasteiger partial charge is 0.365 e. The molecule has 3 nitrogen and oxygen atoms in total. The summed E-state index contributed by atoms with van der Waals surface area (Å²) in [6, 6.07) is 0. The van der Waals surface area contributed by atoms with Gasteiger partial charge in [-0.1, -0.05) is 0 Å². The maximum Gasteiger partial charge on any atom is 0.121 e. The number of methoxy groups -OCH3 is 1. The molecule has 0 aromatic rings. The molecule has 1 aliphatic rings. The van der Waals surface area contributed by atoms with Crippen LogP contribution in [0.15, 0.2) is 0 Å². The number of hydrazine groups is 1. The highest BCUT2D eigenvalue weighted by Crippen LogP contribution is 2.01. The van der Waals surface area contributed by atoms with Gasteiger partial charge in [0.2, 0.25) is 0 Å². The van der Waals surface area contributed by atoms with E-state index in [-0.39, 0.29) is 6.23 Å². The molecule has 1 aliphatic heterocycles. The predicted molar refractivity (Wildman–Crippen MR) is 31.2 cm³/mol. The molecular weight excluding hydrogens is 104 g/mol. The molecule has 0 aromatic heterocycles. The summed E-state index contributed by atoms with van der Waals surface area (Å²) in [5.41, 5.74) is 3.11. The summed E-state index contributed by atoms with van der Waals surface area (Å²) in [7, 11) is 3.73. The molecule has 1 atom stereocenters. The van der Waals surface area contributed by atoms with E-state index in [0.29, 0.717) is 0 Å². The Labute approximate surface area is 49.6 Å². The molecule has 1 rings (SSSR count). The highest BCUT2D eigenvalue weighted by Gasteiger charge is 2.16. The lowest BCUT2D eigenvalue weighted by atomic mass is 10.4. The lowest BCUT2D eigenvalue weighted by Gasteiger charge is -2.09. The first-order chi connectivity index (χ1) is 3.83. The maximum atomic E-state index is 5.03. The predicted octanol–water partition coefficient (Wildman–Crippen LogP) is -0.201. The van der Waals surface area contributed by atoms with Crippen molar-refractivity contribution in [3.63, 3.8) is 0 Å². The van der Waals surface area contributed by atoms with Gasteiger partial charge in [-0.25, -0.2) is 10.4 Å². The summed E-state index contributed by atoms with van der Waals surface area (Å²) in [4.78, 5) is 0. The molecule has 48 valence electrons. The van der Waals surface area contributed by atoms with Crippen LogP contribution in [0.2, 0.25) is 0 Å². The fourth-order valence-electron chi connectivity index (χ4n) is 0.856. The first kappa shape index (κ1) is 6.01. The van der Waals surface area contributed by atoms with Gasteiger partial charge >= 0.3 is 0 Å². The van der Waals surface area contributed by atoms with Crippen LogP contribution in [0.1, 0.15) is 6.42 Å². The Hall–Kier alpha value is -0.120. The van der Waals surface area contributed by atoms with Gasteiger partial charge in [-0.2, -0.15) is 0 Å². The van der Waals surface area contributed by atoms with Gasteiger partial charge in [-0.05, 0) is 0 Å². The molecule has 1 saturated heterocycles. The Morgan fingerprint density at radius 1 is 1.75 bits per heavy atom. The third-order valence-electron chi connectivity index (χ3n) is 1.38. The standard InChI is InChI=1S/C5H12N2O/c1-7-4-3-5(6-7)8-2/h5-6H,3-4H2,1-2H3. The molecule has 0 aliphatic carbocycles. The van der Waals surface area contributed by atoms with Gasteiger partial charge in [0.25, 0.3) is 0 Å². The Balaban J connectivity index is 2.22. The molecule has 0 aromatic carbocycles. The summed E-state index contributed by atoms with van der Waals surface area (Å²) in [5, 5.41) is 2.04. The number of hydrogen-bond donors (Lipinski definition) is 1. The summed E-state index contributed by atoms with van der Waals surface area (Å²) >= 11 is 0. The normalized spacial score (nSPS) is 31.5. The van der Waals surface area contributed by atoms with E-state index < -0.39 is 0 Å². The van der Waals surface area contributed by atoms with Crippen molar-refractivity contribution in [3.05, 3.63) is 0 Å². The van der Waals surface area contributed by atoms with E-state index in [0.717, 1.165) is 13.0 Å². The second-order valence-corrected chi connectivity index (χ2v) is 2.06. The minimum absolute atomic E-state index is 0.250. The lowest BCUT2D eigenvalue weighted by Crippen LogP contribution is -2.32. The second kappa shape index (κ2) is 2.44. The van der Waals surface area contributed by atoms with Gasteiger partial charge in [0.15, 0.2) is 0 Å². The molecule has 1 fully saturated rings. The summed E-state index contributed by atoms with van der Waals surface area (Å²) < 4.78 is 5.03. The summed E-state index contributed by atoms with van der Waals surface area (Å²) in [5.74, 6) is 0. The second-order valence-electron chi connectivity index (χ2n) is 2.06. The molecule has 0 bridgehead atoms. The van der Waals surface area contributed by atoms with Crippen LogP contribution in [-0.4, -0.2) is 31.9 Å². The minimum Gasteiger partial charge on any atom is -0.365 e. The summed E-state index contributed by atoms with van der Waals surface area (Å²) in [6.45, 7) is 1.08. The van der Waals surface area contributed by atoms with Gasteiger partial charge in [-0.15, -0.1) is 0 Å². The zero-order valence-corrected chi connectivity index (χ0v) is 5.35. The minimum atomic E-state index is 0.250. The Kier molecular flexibility index (Phi) is 1.83. The third-order valence-corrected chi connectivity index (χ3v) is 1.38. The lowest BCUT2D eigenvalue weighted by molar-refractivity contribution is 0.0632. The summed E-state index contributed by atoms with van der Waals surface area (Å²) in [6.07, 6.45) is 1.34. The van der Waals surface area contributed by atoms with Crippen LogP contribution in [0.25, 0.3) is 0 Å². The smallest absolute Gasteiger partial charge is 0.121 e. The van der Waals surface area contributed by atoms with Crippen molar-refractivity contribution in [2.75, 3.05) is 20.7 Å². The molecule has 1 N–H and O–H groups in total. The molecule has 1 heterocycles. The highest BCUT2D eigenvalue weighted by atomic mass is 16.5. The van der Waals surface area contributed by atoms with Crippen molar-refractivity contribution in [3.8, 4) is 0 Å². The molecule has 0 radical (unpaired) electrons. The Morgan fingerprint density at radius 3 is 2.75 bits per heavy atom. The highest BCUT2D eigenvalue weighted by molar-refractivity contribution is 4.62. The molecule has 0 amide bonds. The fraction of sp³-hybridized carbons (Fsp3) is 1.00. The van der Waals surface area contributed by atoms with Crippen LogP contribution < -0.4 is 5.43 Å². The topological polar surface area (TPSA) is 24.5 Å². The number of ether oxygens (including phenoxy) is 1. The average molecular weight is 116 g/mol. The van der Waals surface area contributed by atoms with Crippen LogP contribution in [0.3, 0.4) is 0 Å². The van der Waals surface area contributed by atoms with Gasteiger partial charge in [0.05, 0.1) is 0 Å². The van der Waals surface area contributed by atoms with Crippen LogP contribution in [-0.2, 0) is 4.74 Å². The van der Waals surface area contributed by atoms with E-state index >= 15 is 0 Å². The average Bonchev–Trinajstić information content (AvgIpc) is 2.14. The monoisotopic (exact) mass is 116 g/mol. The molecule has 1 unspecified atom stereocenters. The number of hydrogen-bond acceptors (Lipinski definition) is 3. The van der Waals surface area contributed by atoms with E-state index in [4.69, 9.17) is 4.74 Å². The van der Waals surface area contributed by atoms with Gasteiger partial charge in [0.1, 0.15) is 6.23 Å². The zero-order chi connectivity index (χ0) is 5.98. The van der Waals surface area contributed by atoms with Crippen LogP contribution in [0.4, 0.5) is 0 Å². The van der Waals surface area contributed by atoms with Gasteiger partial charge < -0.3 is 4.74 Å². The van der Waals surface area contributed by atoms with E-state index in [9.17, 15) is 0 Å². The Bertz CT molecular complexity index is 76.8. The fourth-order valence-corrected chi connectivity index (χ4v) is 0.856. The third kappa shape index (κ3) is 1.18. The molecule has 3 heteroatoms. The van der Waals surface area contributed by atoms with Crippen LogP contribution in [0, 0.1) is 0 Å². The maximum absolute atomic E-state index is 5.03. The van der Waals surface area contributed by atoms with Gasteiger partial charge in [0, 0.05) is 27.1 Å². The number of nitrogens with zero attached hydrogens (tertiary/aromatic N) is 1. The van der Waals surface area contributed by atoms with E-state index in [1.54, 1.807) is 7.11 Å². The molecular formula is C5H12N2O. The molecule has 0 spiro atoms. The van der Waals surface area contributed by atoms with Crippen molar-refractivity contribution in [1.29, 1.82) is 0 Å². The van der Waals surface area contributed by atoms with E-state index in [1.807, 2.05) is 12.1 Å². The first-order valence-electron chi connectivity index (χ1n) is 2.83. The number of nitrogens with one attached hydrogen (secondary N) is 1. The zero-order valence-electron chi connectivity index (χ0n) is 5.35. The number of rotatable bonds is 1. The Morgan fingerprint density at radius 2 is 2.50 bits per heavy atom. The van der Waals surface area contributed by atoms with Crippen molar-refractivity contribution >= 4 is 0 Å². The van der Waals surface area contributed by atoms with E-state index in [1.165, 1.54) is 0 Å². The molecule has 0 saturated carbocycles. The van der Waals surface area contributed by atoms with Crippen molar-refractivity contribution in [2.45, 2.75) is 12.6 Å². The van der Waals surface area contributed by atoms with E-state index in [2.05, 4.69) is 5.43 Å². The quantitative estimate of drug-likeness (QED) is 0.513. The first-order valence-corrected chi connectivity index (χ1v) is 2.83. The molecule has 8 heavy (non-hydrogen) atoms. The van der Waals surface area contributed by atoms with Crippen molar-refractivity contribution in [1.82, 2.24) is 10.4 Å². The van der Waals surface area contributed by atoms with Gasteiger partial charge in [-0.3, -0.25) is 0 Å². The van der Waals surface area contributed by atoms with Crippen LogP contribution >= 0.6 is 0 Å². The SMILES string of the molecule is COC1CCN(C)N1. The van der Waals surface area contributed by atoms with Crippen LogP contribution in [0.5, 0.6) is 0 Å².